The summed E-state index contributed by atoms with van der Waals surface area (Å²) in [7, 11) is 2.07. The molecule has 0 spiro atoms. The lowest BCUT2D eigenvalue weighted by Gasteiger charge is -2.41. The highest BCUT2D eigenvalue weighted by molar-refractivity contribution is 6.30. The van der Waals surface area contributed by atoms with Crippen LogP contribution in [0.5, 0.6) is 0 Å². The highest BCUT2D eigenvalue weighted by atomic mass is 35.5. The van der Waals surface area contributed by atoms with Crippen molar-refractivity contribution in [3.63, 3.8) is 0 Å². The lowest BCUT2D eigenvalue weighted by Crippen LogP contribution is -2.54. The third-order valence-electron chi connectivity index (χ3n) is 5.18. The van der Waals surface area contributed by atoms with Gasteiger partial charge in [0.05, 0.1) is 17.6 Å². The minimum absolute atomic E-state index is 0.0669. The molecule has 1 aromatic carbocycles. The summed E-state index contributed by atoms with van der Waals surface area (Å²) in [6, 6.07) is 7.79. The molecule has 1 aromatic rings. The first-order valence-electron chi connectivity index (χ1n) is 8.42. The number of carbonyl (C=O) groups excluding carboxylic acids is 1. The van der Waals surface area contributed by atoms with E-state index in [-0.39, 0.29) is 23.5 Å². The zero-order valence-corrected chi connectivity index (χ0v) is 14.6. The Hall–Kier alpha value is -1.10. The molecule has 3 rings (SSSR count). The van der Waals surface area contributed by atoms with E-state index in [0.29, 0.717) is 11.6 Å². The minimum atomic E-state index is -0.386. The number of amides is 1. The van der Waals surface area contributed by atoms with Crippen LogP contribution in [-0.2, 0) is 14.9 Å². The monoisotopic (exact) mass is 336 g/mol. The lowest BCUT2D eigenvalue weighted by molar-refractivity contribution is -0.131. The Labute approximate surface area is 143 Å². The van der Waals surface area contributed by atoms with Crippen LogP contribution in [0.4, 0.5) is 0 Å². The van der Waals surface area contributed by atoms with Gasteiger partial charge in [0.2, 0.25) is 5.91 Å². The Balaban J connectivity index is 1.74. The normalized spacial score (nSPS) is 26.7. The standard InChI is InChI=1S/C18H25ClN2O2/c1-3-23-16-12-21(2)11-15(16)20-17(22)18(9-4-10-18)13-5-7-14(19)8-6-13/h5-8,15-16H,3-4,9-12H2,1-2H3,(H,20,22)/t15-,16-/m1/s1. The number of rotatable bonds is 5. The maximum Gasteiger partial charge on any atom is 0.231 e. The number of benzene rings is 1. The van der Waals surface area contributed by atoms with Crippen molar-refractivity contribution in [2.75, 3.05) is 26.7 Å². The largest absolute Gasteiger partial charge is 0.375 e. The lowest BCUT2D eigenvalue weighted by atomic mass is 9.63. The van der Waals surface area contributed by atoms with Crippen molar-refractivity contribution in [1.29, 1.82) is 0 Å². The molecule has 1 aliphatic heterocycles. The van der Waals surface area contributed by atoms with Crippen molar-refractivity contribution in [3.8, 4) is 0 Å². The first-order valence-corrected chi connectivity index (χ1v) is 8.80. The summed E-state index contributed by atoms with van der Waals surface area (Å²) in [5.41, 5.74) is 0.688. The topological polar surface area (TPSA) is 41.6 Å². The van der Waals surface area contributed by atoms with Crippen LogP contribution in [-0.4, -0.2) is 49.7 Å². The molecule has 0 aromatic heterocycles. The van der Waals surface area contributed by atoms with E-state index in [4.69, 9.17) is 16.3 Å². The van der Waals surface area contributed by atoms with Gasteiger partial charge in [0.1, 0.15) is 0 Å². The first kappa shape index (κ1) is 16.7. The fourth-order valence-electron chi connectivity index (χ4n) is 3.74. The fraction of sp³-hybridized carbons (Fsp3) is 0.611. The summed E-state index contributed by atoms with van der Waals surface area (Å²) in [6.45, 7) is 4.38. The number of nitrogens with zero attached hydrogens (tertiary/aromatic N) is 1. The van der Waals surface area contributed by atoms with E-state index >= 15 is 0 Å². The quantitative estimate of drug-likeness (QED) is 0.898. The summed E-state index contributed by atoms with van der Waals surface area (Å²) in [5.74, 6) is 0.135. The van der Waals surface area contributed by atoms with Crippen molar-refractivity contribution in [2.45, 2.75) is 43.7 Å². The van der Waals surface area contributed by atoms with Gasteiger partial charge in [0, 0.05) is 24.7 Å². The number of hydrogen-bond donors (Lipinski definition) is 1. The van der Waals surface area contributed by atoms with E-state index in [9.17, 15) is 4.79 Å². The zero-order chi connectivity index (χ0) is 16.4. The van der Waals surface area contributed by atoms with Gasteiger partial charge in [-0.05, 0) is 44.5 Å². The average molecular weight is 337 g/mol. The van der Waals surface area contributed by atoms with Crippen molar-refractivity contribution >= 4 is 17.5 Å². The maximum absolute atomic E-state index is 13.0. The van der Waals surface area contributed by atoms with Crippen LogP contribution >= 0.6 is 11.6 Å². The Morgan fingerprint density at radius 1 is 1.35 bits per heavy atom. The van der Waals surface area contributed by atoms with Crippen LogP contribution in [0.3, 0.4) is 0 Å². The molecule has 5 heteroatoms. The maximum atomic E-state index is 13.0. The summed E-state index contributed by atoms with van der Waals surface area (Å²) in [6.07, 6.45) is 2.98. The van der Waals surface area contributed by atoms with Gasteiger partial charge >= 0.3 is 0 Å². The van der Waals surface area contributed by atoms with Gasteiger partial charge in [-0.3, -0.25) is 4.79 Å². The minimum Gasteiger partial charge on any atom is -0.375 e. The molecule has 1 saturated heterocycles. The number of likely N-dealkylation sites (N-methyl/N-ethyl adjacent to an activating group) is 1. The summed E-state index contributed by atoms with van der Waals surface area (Å²) < 4.78 is 5.80. The predicted octanol–water partition coefficient (Wildman–Crippen LogP) is 2.60. The van der Waals surface area contributed by atoms with Gasteiger partial charge in [0.25, 0.3) is 0 Å². The Morgan fingerprint density at radius 2 is 2.04 bits per heavy atom. The number of hydrogen-bond acceptors (Lipinski definition) is 3. The van der Waals surface area contributed by atoms with Crippen LogP contribution in [0.1, 0.15) is 31.7 Å². The molecular formula is C18H25ClN2O2. The highest BCUT2D eigenvalue weighted by Gasteiger charge is 2.47. The van der Waals surface area contributed by atoms with Gasteiger partial charge in [-0.15, -0.1) is 0 Å². The SMILES string of the molecule is CCO[C@@H]1CN(C)C[C@H]1NC(=O)C1(c2ccc(Cl)cc2)CCC1. The molecule has 1 amide bonds. The van der Waals surface area contributed by atoms with Crippen molar-refractivity contribution in [3.05, 3.63) is 34.9 Å². The number of likely N-dealkylation sites (tertiary alicyclic amines) is 1. The molecule has 23 heavy (non-hydrogen) atoms. The molecular weight excluding hydrogens is 312 g/mol. The number of halogens is 1. The van der Waals surface area contributed by atoms with Crippen LogP contribution in [0.15, 0.2) is 24.3 Å². The van der Waals surface area contributed by atoms with Crippen molar-refractivity contribution in [2.24, 2.45) is 0 Å². The second kappa shape index (κ2) is 6.80. The number of carbonyl (C=O) groups is 1. The van der Waals surface area contributed by atoms with Crippen molar-refractivity contribution in [1.82, 2.24) is 10.2 Å². The van der Waals surface area contributed by atoms with Crippen LogP contribution < -0.4 is 5.32 Å². The molecule has 1 saturated carbocycles. The predicted molar refractivity (Wildman–Crippen MR) is 91.8 cm³/mol. The second-order valence-corrected chi connectivity index (χ2v) is 7.17. The van der Waals surface area contributed by atoms with Crippen molar-refractivity contribution < 1.29 is 9.53 Å². The molecule has 1 aliphatic carbocycles. The van der Waals surface area contributed by atoms with Gasteiger partial charge in [0.15, 0.2) is 0 Å². The zero-order valence-electron chi connectivity index (χ0n) is 13.8. The van der Waals surface area contributed by atoms with E-state index in [1.807, 2.05) is 31.2 Å². The van der Waals surface area contributed by atoms with E-state index in [0.717, 1.165) is 37.9 Å². The number of nitrogens with one attached hydrogen (secondary N) is 1. The molecule has 4 nitrogen and oxygen atoms in total. The molecule has 2 aliphatic rings. The van der Waals surface area contributed by atoms with Crippen LogP contribution in [0, 0.1) is 0 Å². The third kappa shape index (κ3) is 3.25. The molecule has 2 fully saturated rings. The molecule has 1 N–H and O–H groups in total. The third-order valence-corrected chi connectivity index (χ3v) is 5.44. The molecule has 0 unspecified atom stereocenters. The molecule has 2 atom stereocenters. The Morgan fingerprint density at radius 3 is 2.61 bits per heavy atom. The summed E-state index contributed by atoms with van der Waals surface area (Å²) in [5, 5.41) is 3.97. The molecule has 0 bridgehead atoms. The van der Waals surface area contributed by atoms with Gasteiger partial charge in [-0.25, -0.2) is 0 Å². The fourth-order valence-corrected chi connectivity index (χ4v) is 3.86. The molecule has 0 radical (unpaired) electrons. The van der Waals surface area contributed by atoms with E-state index in [2.05, 4.69) is 17.3 Å². The number of ether oxygens (including phenoxy) is 1. The Kier molecular flexibility index (Phi) is 4.95. The smallest absolute Gasteiger partial charge is 0.231 e. The van der Waals surface area contributed by atoms with E-state index in [1.165, 1.54) is 0 Å². The highest BCUT2D eigenvalue weighted by Crippen LogP contribution is 2.44. The summed E-state index contributed by atoms with van der Waals surface area (Å²) in [4.78, 5) is 15.2. The molecule has 126 valence electrons. The second-order valence-electron chi connectivity index (χ2n) is 6.74. The van der Waals surface area contributed by atoms with Gasteiger partial charge in [-0.1, -0.05) is 30.2 Å². The average Bonchev–Trinajstić information content (AvgIpc) is 2.80. The van der Waals surface area contributed by atoms with Gasteiger partial charge < -0.3 is 15.0 Å². The van der Waals surface area contributed by atoms with Gasteiger partial charge in [-0.2, -0.15) is 0 Å². The van der Waals surface area contributed by atoms with Crippen LogP contribution in [0.2, 0.25) is 5.02 Å². The summed E-state index contributed by atoms with van der Waals surface area (Å²) >= 11 is 5.99. The van der Waals surface area contributed by atoms with E-state index < -0.39 is 0 Å². The molecule has 1 heterocycles. The van der Waals surface area contributed by atoms with Crippen LogP contribution in [0.25, 0.3) is 0 Å². The van der Waals surface area contributed by atoms with E-state index in [1.54, 1.807) is 0 Å². The first-order chi connectivity index (χ1) is 11.0. The Bertz CT molecular complexity index is 557.